The topological polar surface area (TPSA) is 61.9 Å². The summed E-state index contributed by atoms with van der Waals surface area (Å²) in [5, 5.41) is 2.87. The molecule has 6 nitrogen and oxygen atoms in total. The predicted molar refractivity (Wildman–Crippen MR) is 105 cm³/mol. The molecule has 148 valence electrons. The first kappa shape index (κ1) is 19.5. The minimum Gasteiger partial charge on any atom is -0.497 e. The van der Waals surface area contributed by atoms with Crippen molar-refractivity contribution in [1.29, 1.82) is 0 Å². The molecule has 0 spiro atoms. The Kier molecular flexibility index (Phi) is 6.96. The van der Waals surface area contributed by atoms with E-state index in [-0.39, 0.29) is 24.5 Å². The zero-order valence-corrected chi connectivity index (χ0v) is 16.3. The normalized spacial score (nSPS) is 20.7. The van der Waals surface area contributed by atoms with Crippen LogP contribution in [-0.2, 0) is 4.79 Å². The Morgan fingerprint density at radius 1 is 1.00 bits per heavy atom. The lowest BCUT2D eigenvalue weighted by Crippen LogP contribution is -2.47. The van der Waals surface area contributed by atoms with Gasteiger partial charge < -0.3 is 19.9 Å². The average Bonchev–Trinajstić information content (AvgIpc) is 2.98. The first-order valence-electron chi connectivity index (χ1n) is 10.2. The Labute approximate surface area is 161 Å². The van der Waals surface area contributed by atoms with Gasteiger partial charge in [0.1, 0.15) is 5.75 Å². The molecule has 0 aliphatic carbocycles. The second-order valence-corrected chi connectivity index (χ2v) is 7.43. The molecule has 2 heterocycles. The standard InChI is InChI=1S/C21H31N3O3/c1-27-18-11-9-17(10-12-18)19-8-4-2-7-15-24(19)21(26)22-16-20(25)23-13-5-3-6-14-23/h9-12,19H,2-8,13-16H2,1H3,(H,22,26)/t19-/m1/s1. The number of piperidine rings is 1. The average molecular weight is 373 g/mol. The lowest BCUT2D eigenvalue weighted by molar-refractivity contribution is -0.130. The summed E-state index contributed by atoms with van der Waals surface area (Å²) in [5.41, 5.74) is 1.12. The maximum absolute atomic E-state index is 12.9. The summed E-state index contributed by atoms with van der Waals surface area (Å²) < 4.78 is 5.24. The SMILES string of the molecule is COc1ccc([C@H]2CCCCCN2C(=O)NCC(=O)N2CCCCC2)cc1. The third-order valence-electron chi connectivity index (χ3n) is 5.61. The number of ether oxygens (including phenoxy) is 1. The van der Waals surface area contributed by atoms with Gasteiger partial charge in [-0.15, -0.1) is 0 Å². The number of rotatable bonds is 4. The zero-order chi connectivity index (χ0) is 19.1. The smallest absolute Gasteiger partial charge is 0.318 e. The number of nitrogens with zero attached hydrogens (tertiary/aromatic N) is 2. The molecule has 0 aromatic heterocycles. The molecule has 1 aromatic carbocycles. The first-order chi connectivity index (χ1) is 13.2. The second kappa shape index (κ2) is 9.62. The van der Waals surface area contributed by atoms with Crippen molar-refractivity contribution in [2.45, 2.75) is 51.0 Å². The van der Waals surface area contributed by atoms with E-state index >= 15 is 0 Å². The van der Waals surface area contributed by atoms with Crippen molar-refractivity contribution in [2.24, 2.45) is 0 Å². The molecule has 3 amide bonds. The van der Waals surface area contributed by atoms with E-state index in [0.717, 1.165) is 69.5 Å². The monoisotopic (exact) mass is 373 g/mol. The number of nitrogens with one attached hydrogen (secondary N) is 1. The van der Waals surface area contributed by atoms with Crippen LogP contribution in [0.5, 0.6) is 5.75 Å². The molecule has 0 saturated carbocycles. The van der Waals surface area contributed by atoms with Crippen LogP contribution >= 0.6 is 0 Å². The largest absolute Gasteiger partial charge is 0.497 e. The summed E-state index contributed by atoms with van der Waals surface area (Å²) in [7, 11) is 1.65. The van der Waals surface area contributed by atoms with Gasteiger partial charge in [0.05, 0.1) is 19.7 Å². The van der Waals surface area contributed by atoms with Crippen LogP contribution < -0.4 is 10.1 Å². The summed E-state index contributed by atoms with van der Waals surface area (Å²) in [6, 6.07) is 7.86. The first-order valence-corrected chi connectivity index (χ1v) is 10.2. The molecular formula is C21H31N3O3. The summed E-state index contributed by atoms with van der Waals surface area (Å²) >= 11 is 0. The third-order valence-corrected chi connectivity index (χ3v) is 5.61. The quantitative estimate of drug-likeness (QED) is 0.880. The lowest BCUT2D eigenvalue weighted by Gasteiger charge is -2.31. The predicted octanol–water partition coefficient (Wildman–Crippen LogP) is 3.33. The van der Waals surface area contributed by atoms with Crippen LogP contribution in [0, 0.1) is 0 Å². The van der Waals surface area contributed by atoms with Gasteiger partial charge in [-0.3, -0.25) is 4.79 Å². The number of likely N-dealkylation sites (tertiary alicyclic amines) is 2. The molecule has 0 unspecified atom stereocenters. The van der Waals surface area contributed by atoms with Gasteiger partial charge in [0.15, 0.2) is 0 Å². The molecule has 2 aliphatic heterocycles. The summed E-state index contributed by atoms with van der Waals surface area (Å²) in [6.07, 6.45) is 7.49. The molecule has 1 aromatic rings. The Bertz CT molecular complexity index is 626. The van der Waals surface area contributed by atoms with Crippen molar-refractivity contribution >= 4 is 11.9 Å². The summed E-state index contributed by atoms with van der Waals surface area (Å²) in [5.74, 6) is 0.842. The van der Waals surface area contributed by atoms with Crippen molar-refractivity contribution in [3.63, 3.8) is 0 Å². The van der Waals surface area contributed by atoms with Gasteiger partial charge >= 0.3 is 6.03 Å². The summed E-state index contributed by atoms with van der Waals surface area (Å²) in [4.78, 5) is 29.0. The highest BCUT2D eigenvalue weighted by Gasteiger charge is 2.27. The van der Waals surface area contributed by atoms with Crippen LogP contribution in [0.1, 0.15) is 56.6 Å². The molecule has 2 aliphatic rings. The maximum Gasteiger partial charge on any atom is 0.318 e. The number of amides is 3. The van der Waals surface area contributed by atoms with E-state index in [9.17, 15) is 9.59 Å². The fraction of sp³-hybridized carbons (Fsp3) is 0.619. The van der Waals surface area contributed by atoms with Crippen molar-refractivity contribution in [1.82, 2.24) is 15.1 Å². The van der Waals surface area contributed by atoms with Gasteiger partial charge in [-0.2, -0.15) is 0 Å². The van der Waals surface area contributed by atoms with E-state index in [1.54, 1.807) is 7.11 Å². The van der Waals surface area contributed by atoms with Gasteiger partial charge in [0.25, 0.3) is 0 Å². The van der Waals surface area contributed by atoms with Gasteiger partial charge in [0.2, 0.25) is 5.91 Å². The molecule has 2 saturated heterocycles. The molecule has 2 fully saturated rings. The fourth-order valence-electron chi connectivity index (χ4n) is 4.03. The van der Waals surface area contributed by atoms with Crippen LogP contribution in [0.2, 0.25) is 0 Å². The van der Waals surface area contributed by atoms with Crippen LogP contribution in [0.4, 0.5) is 4.79 Å². The van der Waals surface area contributed by atoms with Gasteiger partial charge in [-0.25, -0.2) is 4.79 Å². The number of urea groups is 1. The fourth-order valence-corrected chi connectivity index (χ4v) is 4.03. The van der Waals surface area contributed by atoms with Crippen molar-refractivity contribution < 1.29 is 14.3 Å². The Hall–Kier alpha value is -2.24. The van der Waals surface area contributed by atoms with E-state index in [1.807, 2.05) is 34.1 Å². The highest BCUT2D eigenvalue weighted by atomic mass is 16.5. The minimum atomic E-state index is -0.136. The van der Waals surface area contributed by atoms with E-state index in [2.05, 4.69) is 5.32 Å². The minimum absolute atomic E-state index is 0.0267. The third kappa shape index (κ3) is 5.15. The highest BCUT2D eigenvalue weighted by molar-refractivity contribution is 5.84. The van der Waals surface area contributed by atoms with E-state index < -0.39 is 0 Å². The van der Waals surface area contributed by atoms with Crippen LogP contribution in [0.15, 0.2) is 24.3 Å². The molecular weight excluding hydrogens is 342 g/mol. The molecule has 3 rings (SSSR count). The van der Waals surface area contributed by atoms with Crippen molar-refractivity contribution in [3.8, 4) is 5.75 Å². The highest BCUT2D eigenvalue weighted by Crippen LogP contribution is 2.31. The molecule has 0 bridgehead atoms. The number of methoxy groups -OCH3 is 1. The Balaban J connectivity index is 1.63. The van der Waals surface area contributed by atoms with Crippen molar-refractivity contribution in [2.75, 3.05) is 33.3 Å². The van der Waals surface area contributed by atoms with E-state index in [1.165, 1.54) is 6.42 Å². The number of hydrogen-bond acceptors (Lipinski definition) is 3. The lowest BCUT2D eigenvalue weighted by atomic mass is 10.0. The number of carbonyl (C=O) groups excluding carboxylic acids is 2. The van der Waals surface area contributed by atoms with Gasteiger partial charge in [-0.05, 0) is 49.8 Å². The van der Waals surface area contributed by atoms with Crippen molar-refractivity contribution in [3.05, 3.63) is 29.8 Å². The number of benzene rings is 1. The maximum atomic E-state index is 12.9. The number of hydrogen-bond donors (Lipinski definition) is 1. The molecule has 0 radical (unpaired) electrons. The Morgan fingerprint density at radius 3 is 2.37 bits per heavy atom. The number of carbonyl (C=O) groups is 2. The second-order valence-electron chi connectivity index (χ2n) is 7.43. The molecule has 27 heavy (non-hydrogen) atoms. The van der Waals surface area contributed by atoms with Crippen LogP contribution in [-0.4, -0.2) is 55.0 Å². The molecule has 6 heteroatoms. The van der Waals surface area contributed by atoms with Crippen LogP contribution in [0.25, 0.3) is 0 Å². The summed E-state index contributed by atoms with van der Waals surface area (Å²) in [6.45, 7) is 2.44. The van der Waals surface area contributed by atoms with Crippen LogP contribution in [0.3, 0.4) is 0 Å². The van der Waals surface area contributed by atoms with E-state index in [0.29, 0.717) is 0 Å². The Morgan fingerprint density at radius 2 is 1.67 bits per heavy atom. The van der Waals surface area contributed by atoms with Gasteiger partial charge in [0, 0.05) is 19.6 Å². The molecule has 1 N–H and O–H groups in total. The van der Waals surface area contributed by atoms with Gasteiger partial charge in [-0.1, -0.05) is 25.0 Å². The zero-order valence-electron chi connectivity index (χ0n) is 16.3. The molecule has 1 atom stereocenters. The van der Waals surface area contributed by atoms with E-state index in [4.69, 9.17) is 4.74 Å².